The third kappa shape index (κ3) is 2.96. The summed E-state index contributed by atoms with van der Waals surface area (Å²) in [6.07, 6.45) is 0. The van der Waals surface area contributed by atoms with Crippen LogP contribution < -0.4 is 5.73 Å². The standard InChI is InChI=1S/C14H13ClF2N2O2/c1-2-21-13(20)14(16,17)11(18)9-7-8-5-3-4-6-10(8)19-12(9)15/h3-7,11H,2,18H2,1H3/t11-/m1/s1. The van der Waals surface area contributed by atoms with E-state index in [1.54, 1.807) is 24.3 Å². The Morgan fingerprint density at radius 2 is 2.14 bits per heavy atom. The van der Waals surface area contributed by atoms with Crippen LogP contribution in [0, 0.1) is 0 Å². The largest absolute Gasteiger partial charge is 0.462 e. The van der Waals surface area contributed by atoms with Gasteiger partial charge in [-0.15, -0.1) is 0 Å². The molecule has 1 aromatic carbocycles. The fraction of sp³-hybridized carbons (Fsp3) is 0.286. The van der Waals surface area contributed by atoms with Crippen molar-refractivity contribution < 1.29 is 18.3 Å². The smallest absolute Gasteiger partial charge is 0.379 e. The molecule has 0 unspecified atom stereocenters. The highest BCUT2D eigenvalue weighted by molar-refractivity contribution is 6.30. The molecule has 21 heavy (non-hydrogen) atoms. The molecular weight excluding hydrogens is 302 g/mol. The van der Waals surface area contributed by atoms with Crippen LogP contribution in [-0.2, 0) is 9.53 Å². The molecule has 0 amide bonds. The number of esters is 1. The Bertz CT molecular complexity index is 679. The van der Waals surface area contributed by atoms with Gasteiger partial charge in [0.15, 0.2) is 0 Å². The molecule has 1 atom stereocenters. The van der Waals surface area contributed by atoms with Gasteiger partial charge in [-0.1, -0.05) is 29.8 Å². The maximum atomic E-state index is 14.0. The number of nitrogens with two attached hydrogens (primary N) is 1. The Morgan fingerprint density at radius 1 is 1.48 bits per heavy atom. The Balaban J connectivity index is 2.45. The van der Waals surface area contributed by atoms with E-state index in [-0.39, 0.29) is 17.3 Å². The first-order valence-corrected chi connectivity index (χ1v) is 6.61. The Labute approximate surface area is 124 Å². The van der Waals surface area contributed by atoms with Crippen molar-refractivity contribution in [3.8, 4) is 0 Å². The van der Waals surface area contributed by atoms with Crippen LogP contribution in [0.2, 0.25) is 5.15 Å². The van der Waals surface area contributed by atoms with Gasteiger partial charge >= 0.3 is 11.9 Å². The SMILES string of the molecule is CCOC(=O)C(F)(F)[C@H](N)c1cc2ccccc2nc1Cl. The fourth-order valence-electron chi connectivity index (χ4n) is 1.88. The van der Waals surface area contributed by atoms with E-state index in [0.717, 1.165) is 0 Å². The Morgan fingerprint density at radius 3 is 2.81 bits per heavy atom. The Hall–Kier alpha value is -1.79. The zero-order chi connectivity index (χ0) is 15.6. The first-order chi connectivity index (χ1) is 9.87. The number of nitrogens with zero attached hydrogens (tertiary/aromatic N) is 1. The van der Waals surface area contributed by atoms with E-state index in [4.69, 9.17) is 17.3 Å². The van der Waals surface area contributed by atoms with Crippen molar-refractivity contribution in [2.75, 3.05) is 6.61 Å². The first kappa shape index (κ1) is 15.6. The summed E-state index contributed by atoms with van der Waals surface area (Å²) in [5.41, 5.74) is 5.97. The molecule has 1 aromatic heterocycles. The summed E-state index contributed by atoms with van der Waals surface area (Å²) in [5, 5.41) is 0.442. The zero-order valence-corrected chi connectivity index (χ0v) is 11.9. The van der Waals surface area contributed by atoms with E-state index in [1.165, 1.54) is 13.0 Å². The average molecular weight is 315 g/mol. The van der Waals surface area contributed by atoms with Gasteiger partial charge in [-0.05, 0) is 19.1 Å². The van der Waals surface area contributed by atoms with E-state index in [1.807, 2.05) is 0 Å². The second-order valence-corrected chi connectivity index (χ2v) is 4.74. The number of para-hydroxylation sites is 1. The number of alkyl halides is 2. The lowest BCUT2D eigenvalue weighted by Crippen LogP contribution is -2.42. The topological polar surface area (TPSA) is 65.2 Å². The maximum Gasteiger partial charge on any atom is 0.379 e. The van der Waals surface area contributed by atoms with Crippen LogP contribution in [0.25, 0.3) is 10.9 Å². The van der Waals surface area contributed by atoms with Crippen LogP contribution in [0.3, 0.4) is 0 Å². The summed E-state index contributed by atoms with van der Waals surface area (Å²) in [6.45, 7) is 1.27. The van der Waals surface area contributed by atoms with Crippen molar-refractivity contribution >= 4 is 28.5 Å². The van der Waals surface area contributed by atoms with Crippen molar-refractivity contribution in [1.82, 2.24) is 4.98 Å². The summed E-state index contributed by atoms with van der Waals surface area (Å²) in [6, 6.07) is 6.34. The molecule has 2 rings (SSSR count). The van der Waals surface area contributed by atoms with Crippen molar-refractivity contribution in [3.63, 3.8) is 0 Å². The molecule has 2 N–H and O–H groups in total. The van der Waals surface area contributed by atoms with E-state index < -0.39 is 17.9 Å². The van der Waals surface area contributed by atoms with Gasteiger partial charge in [0.25, 0.3) is 0 Å². The molecule has 0 radical (unpaired) electrons. The minimum Gasteiger partial charge on any atom is -0.462 e. The summed E-state index contributed by atoms with van der Waals surface area (Å²) < 4.78 is 32.3. The van der Waals surface area contributed by atoms with E-state index >= 15 is 0 Å². The van der Waals surface area contributed by atoms with Gasteiger partial charge in [0.1, 0.15) is 11.2 Å². The highest BCUT2D eigenvalue weighted by atomic mass is 35.5. The van der Waals surface area contributed by atoms with Crippen molar-refractivity contribution in [3.05, 3.63) is 41.0 Å². The number of carbonyl (C=O) groups is 1. The van der Waals surface area contributed by atoms with Crippen LogP contribution in [0.5, 0.6) is 0 Å². The first-order valence-electron chi connectivity index (χ1n) is 6.23. The molecule has 2 aromatic rings. The summed E-state index contributed by atoms with van der Waals surface area (Å²) >= 11 is 5.91. The monoisotopic (exact) mass is 314 g/mol. The molecule has 0 aliphatic carbocycles. The number of hydrogen-bond acceptors (Lipinski definition) is 4. The number of ether oxygens (including phenoxy) is 1. The molecule has 0 bridgehead atoms. The number of pyridine rings is 1. The Kier molecular flexibility index (Phi) is 4.39. The highest BCUT2D eigenvalue weighted by Gasteiger charge is 2.48. The van der Waals surface area contributed by atoms with E-state index in [9.17, 15) is 13.6 Å². The van der Waals surface area contributed by atoms with Crippen LogP contribution in [0.15, 0.2) is 30.3 Å². The molecule has 112 valence electrons. The van der Waals surface area contributed by atoms with Crippen LogP contribution in [0.4, 0.5) is 8.78 Å². The lowest BCUT2D eigenvalue weighted by Gasteiger charge is -2.22. The van der Waals surface area contributed by atoms with Gasteiger partial charge in [-0.3, -0.25) is 0 Å². The number of benzene rings is 1. The van der Waals surface area contributed by atoms with Crippen LogP contribution in [-0.4, -0.2) is 23.5 Å². The number of rotatable bonds is 4. The third-order valence-electron chi connectivity index (χ3n) is 2.98. The van der Waals surface area contributed by atoms with E-state index in [2.05, 4.69) is 9.72 Å². The molecule has 0 saturated carbocycles. The predicted octanol–water partition coefficient (Wildman–Crippen LogP) is 3.09. The van der Waals surface area contributed by atoms with Crippen molar-refractivity contribution in [1.29, 1.82) is 0 Å². The number of carbonyl (C=O) groups excluding carboxylic acids is 1. The molecule has 0 spiro atoms. The van der Waals surface area contributed by atoms with Crippen molar-refractivity contribution in [2.45, 2.75) is 18.9 Å². The maximum absolute atomic E-state index is 14.0. The second-order valence-electron chi connectivity index (χ2n) is 4.38. The molecule has 0 aliphatic rings. The third-order valence-corrected chi connectivity index (χ3v) is 3.28. The van der Waals surface area contributed by atoms with Gasteiger partial charge in [0.2, 0.25) is 0 Å². The van der Waals surface area contributed by atoms with Gasteiger partial charge < -0.3 is 10.5 Å². The van der Waals surface area contributed by atoms with Crippen LogP contribution in [0.1, 0.15) is 18.5 Å². The molecule has 7 heteroatoms. The zero-order valence-electron chi connectivity index (χ0n) is 11.1. The minimum absolute atomic E-state index is 0.103. The molecule has 4 nitrogen and oxygen atoms in total. The number of fused-ring (bicyclic) bond motifs is 1. The molecular formula is C14H13ClF2N2O2. The van der Waals surface area contributed by atoms with Crippen molar-refractivity contribution in [2.24, 2.45) is 5.73 Å². The highest BCUT2D eigenvalue weighted by Crippen LogP contribution is 2.35. The summed E-state index contributed by atoms with van der Waals surface area (Å²) in [4.78, 5) is 15.4. The number of hydrogen-bond donors (Lipinski definition) is 1. The average Bonchev–Trinajstić information content (AvgIpc) is 2.46. The molecule has 0 fully saturated rings. The molecule has 0 saturated heterocycles. The van der Waals surface area contributed by atoms with Gasteiger partial charge in [-0.25, -0.2) is 9.78 Å². The summed E-state index contributed by atoms with van der Waals surface area (Å²) in [7, 11) is 0. The minimum atomic E-state index is -3.89. The normalized spacial score (nSPS) is 13.2. The van der Waals surface area contributed by atoms with Gasteiger partial charge in [0.05, 0.1) is 12.1 Å². The fourth-order valence-corrected chi connectivity index (χ4v) is 2.14. The molecule has 0 aliphatic heterocycles. The van der Waals surface area contributed by atoms with Gasteiger partial charge in [-0.2, -0.15) is 8.78 Å². The second kappa shape index (κ2) is 5.91. The van der Waals surface area contributed by atoms with Crippen LogP contribution >= 0.6 is 11.6 Å². The predicted molar refractivity (Wildman–Crippen MR) is 75.3 cm³/mol. The lowest BCUT2D eigenvalue weighted by molar-refractivity contribution is -0.174. The number of halogens is 3. The lowest BCUT2D eigenvalue weighted by atomic mass is 10.0. The molecule has 1 heterocycles. The number of aromatic nitrogens is 1. The van der Waals surface area contributed by atoms with E-state index in [0.29, 0.717) is 10.9 Å². The van der Waals surface area contributed by atoms with Gasteiger partial charge in [0, 0.05) is 10.9 Å². The summed E-state index contributed by atoms with van der Waals surface area (Å²) in [5.74, 6) is -5.56. The quantitative estimate of drug-likeness (QED) is 0.695.